The van der Waals surface area contributed by atoms with E-state index in [0.29, 0.717) is 0 Å². The van der Waals surface area contributed by atoms with E-state index in [1.54, 1.807) is 14.0 Å². The van der Waals surface area contributed by atoms with E-state index in [-0.39, 0.29) is 0 Å². The number of hydrazone groups is 1. The predicted molar refractivity (Wildman–Crippen MR) is 37.6 cm³/mol. The first kappa shape index (κ1) is 8.54. The van der Waals surface area contributed by atoms with E-state index >= 15 is 0 Å². The van der Waals surface area contributed by atoms with Gasteiger partial charge in [-0.2, -0.15) is 9.93 Å². The van der Waals surface area contributed by atoms with Gasteiger partial charge in [0.25, 0.3) is 0 Å². The average Bonchev–Trinajstić information content (AvgIpc) is 1.85. The monoisotopic (exact) mass is 150 g/mol. The Morgan fingerprint density at radius 1 is 1.67 bits per heavy atom. The fourth-order valence-corrected chi connectivity index (χ4v) is 0.648. The van der Waals surface area contributed by atoms with Gasteiger partial charge < -0.3 is 0 Å². The molecular weight excluding hydrogens is 140 g/mol. The summed E-state index contributed by atoms with van der Waals surface area (Å²) < 4.78 is 10.5. The summed E-state index contributed by atoms with van der Waals surface area (Å²) in [5.41, 5.74) is 2.49. The van der Waals surface area contributed by atoms with Crippen LogP contribution < -0.4 is 15.1 Å². The standard InChI is InChI=1S/C3H10N4OS/c1-3-5-7-9(8)6-4-2/h3-4,6-7H,1-2H3/b5-3+. The van der Waals surface area contributed by atoms with Gasteiger partial charge in [0.15, 0.2) is 0 Å². The lowest BCUT2D eigenvalue weighted by Gasteiger charge is -1.98. The number of hydrogen-bond acceptors (Lipinski definition) is 3. The molecule has 0 aliphatic carbocycles. The molecule has 9 heavy (non-hydrogen) atoms. The predicted octanol–water partition coefficient (Wildman–Crippen LogP) is -1.12. The number of hydrogen-bond donors (Lipinski definition) is 3. The maximum Gasteiger partial charge on any atom is 0.223 e. The topological polar surface area (TPSA) is 65.5 Å². The first-order valence-electron chi connectivity index (χ1n) is 2.38. The minimum Gasteiger partial charge on any atom is -0.248 e. The largest absolute Gasteiger partial charge is 0.248 e. The van der Waals surface area contributed by atoms with E-state index in [2.05, 4.69) is 20.2 Å². The van der Waals surface area contributed by atoms with Gasteiger partial charge in [-0.1, -0.05) is 0 Å². The molecule has 0 bridgehead atoms. The van der Waals surface area contributed by atoms with Crippen LogP contribution in [0.3, 0.4) is 0 Å². The van der Waals surface area contributed by atoms with Gasteiger partial charge in [0.2, 0.25) is 11.2 Å². The van der Waals surface area contributed by atoms with E-state index in [1.807, 2.05) is 0 Å². The summed E-state index contributed by atoms with van der Waals surface area (Å²) in [7, 11) is 1.62. The van der Waals surface area contributed by atoms with Crippen LogP contribution in [0.2, 0.25) is 0 Å². The molecule has 0 aromatic carbocycles. The molecule has 0 aromatic heterocycles. The first-order valence-corrected chi connectivity index (χ1v) is 3.53. The van der Waals surface area contributed by atoms with Crippen LogP contribution in [-0.4, -0.2) is 17.5 Å². The molecule has 5 nitrogen and oxygen atoms in total. The number of nitrogens with one attached hydrogen (secondary N) is 3. The minimum atomic E-state index is -1.33. The van der Waals surface area contributed by atoms with Gasteiger partial charge in [-0.15, -0.1) is 0 Å². The van der Waals surface area contributed by atoms with Crippen LogP contribution in [0.5, 0.6) is 0 Å². The second-order valence-electron chi connectivity index (χ2n) is 1.10. The van der Waals surface area contributed by atoms with Crippen LogP contribution in [0, 0.1) is 0 Å². The maximum absolute atomic E-state index is 10.5. The Bertz CT molecular complexity index is 114. The van der Waals surface area contributed by atoms with E-state index in [1.165, 1.54) is 6.21 Å². The van der Waals surface area contributed by atoms with Gasteiger partial charge in [-0.3, -0.25) is 0 Å². The van der Waals surface area contributed by atoms with Crippen molar-refractivity contribution < 1.29 is 4.21 Å². The van der Waals surface area contributed by atoms with Crippen molar-refractivity contribution >= 4 is 17.4 Å². The van der Waals surface area contributed by atoms with Crippen molar-refractivity contribution in [2.24, 2.45) is 5.10 Å². The Labute approximate surface area is 56.6 Å². The summed E-state index contributed by atoms with van der Waals surface area (Å²) in [4.78, 5) is 4.68. The zero-order valence-electron chi connectivity index (χ0n) is 5.34. The van der Waals surface area contributed by atoms with Gasteiger partial charge in [-0.25, -0.2) is 14.5 Å². The van der Waals surface area contributed by atoms with Crippen LogP contribution >= 0.6 is 0 Å². The molecule has 0 fully saturated rings. The molecule has 0 heterocycles. The summed E-state index contributed by atoms with van der Waals surface area (Å²) in [6.45, 7) is 1.73. The van der Waals surface area contributed by atoms with Gasteiger partial charge in [-0.05, 0) is 14.0 Å². The second kappa shape index (κ2) is 5.67. The molecule has 6 heteroatoms. The van der Waals surface area contributed by atoms with Crippen LogP contribution in [0.25, 0.3) is 0 Å². The third-order valence-corrected chi connectivity index (χ3v) is 1.12. The molecule has 0 saturated carbocycles. The molecule has 0 aliphatic rings. The van der Waals surface area contributed by atoms with E-state index in [4.69, 9.17) is 0 Å². The normalized spacial score (nSPS) is 14.0. The Kier molecular flexibility index (Phi) is 5.38. The molecule has 1 atom stereocenters. The van der Waals surface area contributed by atoms with Crippen molar-refractivity contribution in [2.45, 2.75) is 6.92 Å². The van der Waals surface area contributed by atoms with Crippen LogP contribution in [-0.2, 0) is 11.2 Å². The van der Waals surface area contributed by atoms with Gasteiger partial charge in [0.1, 0.15) is 0 Å². The van der Waals surface area contributed by atoms with Crippen LogP contribution in [0.1, 0.15) is 6.92 Å². The number of nitrogens with zero attached hydrogens (tertiary/aromatic N) is 1. The minimum absolute atomic E-state index is 1.33. The number of rotatable bonds is 4. The average molecular weight is 150 g/mol. The Morgan fingerprint density at radius 3 is 2.78 bits per heavy atom. The lowest BCUT2D eigenvalue weighted by molar-refractivity contribution is 0.649. The third-order valence-electron chi connectivity index (χ3n) is 0.459. The SMILES string of the molecule is C/C=N/NS(=O)NNC. The highest BCUT2D eigenvalue weighted by molar-refractivity contribution is 7.80. The molecule has 3 N–H and O–H groups in total. The summed E-state index contributed by atoms with van der Waals surface area (Å²) >= 11 is -1.33. The lowest BCUT2D eigenvalue weighted by Crippen LogP contribution is -2.35. The van der Waals surface area contributed by atoms with E-state index < -0.39 is 11.2 Å². The third kappa shape index (κ3) is 5.41. The van der Waals surface area contributed by atoms with Crippen molar-refractivity contribution in [3.63, 3.8) is 0 Å². The fraction of sp³-hybridized carbons (Fsp3) is 0.667. The molecule has 54 valence electrons. The molecule has 0 amide bonds. The Balaban J connectivity index is 3.27. The molecule has 0 saturated heterocycles. The van der Waals surface area contributed by atoms with Crippen molar-refractivity contribution in [2.75, 3.05) is 7.05 Å². The summed E-state index contributed by atoms with van der Waals surface area (Å²) in [5, 5.41) is 3.51. The van der Waals surface area contributed by atoms with Crippen LogP contribution in [0.4, 0.5) is 0 Å². The van der Waals surface area contributed by atoms with E-state index in [9.17, 15) is 4.21 Å². The van der Waals surface area contributed by atoms with Gasteiger partial charge >= 0.3 is 0 Å². The molecule has 0 rings (SSSR count). The Hall–Kier alpha value is -0.460. The second-order valence-corrected chi connectivity index (χ2v) is 2.02. The van der Waals surface area contributed by atoms with Crippen molar-refractivity contribution in [1.82, 2.24) is 15.1 Å². The van der Waals surface area contributed by atoms with Crippen LogP contribution in [0.15, 0.2) is 5.10 Å². The molecule has 0 spiro atoms. The highest BCUT2D eigenvalue weighted by Gasteiger charge is 1.87. The summed E-state index contributed by atoms with van der Waals surface area (Å²) in [6.07, 6.45) is 1.51. The molecule has 0 aromatic rings. The zero-order chi connectivity index (χ0) is 7.11. The van der Waals surface area contributed by atoms with Crippen molar-refractivity contribution in [1.29, 1.82) is 0 Å². The fourth-order valence-electron chi connectivity index (χ4n) is 0.216. The molecular formula is C3H10N4OS. The highest BCUT2D eigenvalue weighted by atomic mass is 32.2. The van der Waals surface area contributed by atoms with Gasteiger partial charge in [0.05, 0.1) is 0 Å². The molecule has 0 aliphatic heterocycles. The smallest absolute Gasteiger partial charge is 0.223 e. The quantitative estimate of drug-likeness (QED) is 0.351. The lowest BCUT2D eigenvalue weighted by atomic mass is 10.9. The molecule has 0 radical (unpaired) electrons. The van der Waals surface area contributed by atoms with E-state index in [0.717, 1.165) is 0 Å². The molecule has 1 unspecified atom stereocenters. The maximum atomic E-state index is 10.5. The highest BCUT2D eigenvalue weighted by Crippen LogP contribution is 1.60. The van der Waals surface area contributed by atoms with Gasteiger partial charge in [0, 0.05) is 6.21 Å². The zero-order valence-corrected chi connectivity index (χ0v) is 6.16. The van der Waals surface area contributed by atoms with Crippen molar-refractivity contribution in [3.8, 4) is 0 Å². The van der Waals surface area contributed by atoms with Crippen molar-refractivity contribution in [3.05, 3.63) is 0 Å². The number of hydrazine groups is 1. The summed E-state index contributed by atoms with van der Waals surface area (Å²) in [5.74, 6) is 0. The first-order chi connectivity index (χ1) is 4.31. The summed E-state index contributed by atoms with van der Waals surface area (Å²) in [6, 6.07) is 0. The Morgan fingerprint density at radius 2 is 2.33 bits per heavy atom.